The number of hydrogen-bond acceptors (Lipinski definition) is 3. The second-order valence-electron chi connectivity index (χ2n) is 6.97. The topological polar surface area (TPSA) is 49.3 Å². The van der Waals surface area contributed by atoms with E-state index in [1.54, 1.807) is 0 Å². The van der Waals surface area contributed by atoms with Crippen molar-refractivity contribution in [3.05, 3.63) is 46.5 Å². The lowest BCUT2D eigenvalue weighted by molar-refractivity contribution is -0.170. The Hall–Kier alpha value is -1.70. The van der Waals surface area contributed by atoms with E-state index in [4.69, 9.17) is 8.39 Å². The van der Waals surface area contributed by atoms with E-state index in [1.807, 2.05) is 12.1 Å². The molecule has 2 aliphatic carbocycles. The fourth-order valence-electron chi connectivity index (χ4n) is 4.49. The van der Waals surface area contributed by atoms with Crippen LogP contribution in [0.15, 0.2) is 32.7 Å². The van der Waals surface area contributed by atoms with E-state index in [2.05, 4.69) is 12.1 Å². The molecular weight excluding hydrogens is 319 g/mol. The van der Waals surface area contributed by atoms with Crippen LogP contribution in [-0.2, 0) is 25.7 Å². The monoisotopic (exact) mass is 339 g/mol. The third kappa shape index (κ3) is 2.22. The molecule has 5 rings (SSSR count). The molecule has 0 amide bonds. The highest BCUT2D eigenvalue weighted by molar-refractivity contribution is 7.28. The second kappa shape index (κ2) is 5.68. The van der Waals surface area contributed by atoms with E-state index in [1.165, 1.54) is 47.9 Å². The minimum atomic E-state index is -2.17. The van der Waals surface area contributed by atoms with Crippen LogP contribution in [0.4, 0.5) is 0 Å². The molecule has 4 heteroatoms. The van der Waals surface area contributed by atoms with Crippen LogP contribution in [0.5, 0.6) is 0 Å². The van der Waals surface area contributed by atoms with Crippen molar-refractivity contribution in [1.29, 1.82) is 0 Å². The van der Waals surface area contributed by atoms with Crippen LogP contribution in [-0.4, -0.2) is 0 Å². The first kappa shape index (κ1) is 14.6. The normalized spacial score (nSPS) is 16.9. The largest absolute Gasteiger partial charge is 0.751 e. The molecule has 0 saturated heterocycles. The van der Waals surface area contributed by atoms with E-state index in [0.717, 1.165) is 47.6 Å². The average Bonchev–Trinajstić information content (AvgIpc) is 2.77. The highest BCUT2D eigenvalue weighted by Crippen LogP contribution is 2.40. The van der Waals surface area contributed by atoms with Gasteiger partial charge in [0.2, 0.25) is 0 Å². The molecule has 0 N–H and O–H groups in total. The first-order chi connectivity index (χ1) is 11.8. The molecule has 24 heavy (non-hydrogen) atoms. The van der Waals surface area contributed by atoms with Crippen molar-refractivity contribution >= 4 is 30.2 Å². The molecule has 0 unspecified atom stereocenters. The number of benzene rings is 2. The van der Waals surface area contributed by atoms with Crippen molar-refractivity contribution in [2.75, 3.05) is 0 Å². The Kier molecular flexibility index (Phi) is 3.46. The third-order valence-corrected chi connectivity index (χ3v) is 6.28. The average molecular weight is 339 g/mol. The summed E-state index contributed by atoms with van der Waals surface area (Å²) in [5.41, 5.74) is 7.06. The van der Waals surface area contributed by atoms with Gasteiger partial charge in [-0.2, -0.15) is 0 Å². The van der Waals surface area contributed by atoms with Crippen LogP contribution in [0.25, 0.3) is 21.9 Å². The van der Waals surface area contributed by atoms with Gasteiger partial charge in [-0.15, -0.1) is 0 Å². The Morgan fingerprint density at radius 2 is 1.12 bits per heavy atom. The molecule has 0 atom stereocenters. The Labute approximate surface area is 141 Å². The maximum absolute atomic E-state index is 12.2. The fraction of sp³-hybridized carbons (Fsp3) is 0.400. The standard InChI is InChI=1S/C20H20O3P/c21-24-22-17-11-9-13-5-1-3-7-15(13)19(17)20-16-8-4-2-6-14(16)10-12-18(20)23-24/h9-12H,1-8H2/q-1. The Morgan fingerprint density at radius 3 is 1.62 bits per heavy atom. The van der Waals surface area contributed by atoms with Gasteiger partial charge in [0, 0.05) is 10.8 Å². The molecule has 3 nitrogen and oxygen atoms in total. The lowest BCUT2D eigenvalue weighted by atomic mass is 9.84. The van der Waals surface area contributed by atoms with Gasteiger partial charge in [0.15, 0.2) is 0 Å². The molecule has 0 aliphatic heterocycles. The van der Waals surface area contributed by atoms with Gasteiger partial charge in [-0.3, -0.25) is 0 Å². The van der Waals surface area contributed by atoms with Crippen molar-refractivity contribution in [1.82, 2.24) is 0 Å². The molecular formula is C20H20O3P-. The predicted octanol–water partition coefficient (Wildman–Crippen LogP) is 5.17. The van der Waals surface area contributed by atoms with Crippen molar-refractivity contribution < 1.29 is 13.3 Å². The van der Waals surface area contributed by atoms with Crippen LogP contribution in [0.2, 0.25) is 0 Å². The molecule has 0 fully saturated rings. The lowest BCUT2D eigenvalue weighted by Gasteiger charge is -2.20. The summed E-state index contributed by atoms with van der Waals surface area (Å²) in [6.07, 6.45) is 9.30. The summed E-state index contributed by atoms with van der Waals surface area (Å²) >= 11 is 0. The molecule has 2 aromatic carbocycles. The highest BCUT2D eigenvalue weighted by atomic mass is 31.1. The van der Waals surface area contributed by atoms with Crippen LogP contribution in [0.1, 0.15) is 47.9 Å². The summed E-state index contributed by atoms with van der Waals surface area (Å²) < 4.78 is 11.4. The van der Waals surface area contributed by atoms with E-state index in [9.17, 15) is 4.89 Å². The molecule has 1 aromatic heterocycles. The summed E-state index contributed by atoms with van der Waals surface area (Å²) in [4.78, 5) is 12.2. The molecule has 0 radical (unpaired) electrons. The number of aryl methyl sites for hydroxylation is 4. The fourth-order valence-corrected chi connectivity index (χ4v) is 5.16. The molecule has 0 bridgehead atoms. The summed E-state index contributed by atoms with van der Waals surface area (Å²) in [6, 6.07) is 8.29. The zero-order chi connectivity index (χ0) is 16.1. The maximum atomic E-state index is 12.2. The summed E-state index contributed by atoms with van der Waals surface area (Å²) in [7, 11) is -2.17. The molecule has 2 aliphatic rings. The van der Waals surface area contributed by atoms with Gasteiger partial charge in [0.1, 0.15) is 19.4 Å². The van der Waals surface area contributed by atoms with Crippen LogP contribution < -0.4 is 4.89 Å². The minimum absolute atomic E-state index is 0.731. The van der Waals surface area contributed by atoms with Crippen LogP contribution in [0, 0.1) is 0 Å². The molecule has 124 valence electrons. The van der Waals surface area contributed by atoms with Crippen LogP contribution >= 0.6 is 8.24 Å². The first-order valence-corrected chi connectivity index (χ1v) is 10.0. The first-order valence-electron chi connectivity index (χ1n) is 8.94. The Balaban J connectivity index is 2.03. The Morgan fingerprint density at radius 1 is 0.667 bits per heavy atom. The van der Waals surface area contributed by atoms with E-state index in [-0.39, 0.29) is 0 Å². The van der Waals surface area contributed by atoms with Crippen LogP contribution in [0.3, 0.4) is 0 Å². The molecule has 3 aromatic rings. The zero-order valence-corrected chi connectivity index (χ0v) is 14.5. The predicted molar refractivity (Wildman–Crippen MR) is 95.0 cm³/mol. The van der Waals surface area contributed by atoms with Crippen molar-refractivity contribution in [2.24, 2.45) is 0 Å². The second-order valence-corrected chi connectivity index (χ2v) is 7.79. The van der Waals surface area contributed by atoms with Crippen molar-refractivity contribution in [3.8, 4) is 0 Å². The zero-order valence-electron chi connectivity index (χ0n) is 13.6. The molecule has 0 saturated carbocycles. The van der Waals surface area contributed by atoms with Gasteiger partial charge < -0.3 is 13.3 Å². The van der Waals surface area contributed by atoms with Gasteiger partial charge in [0.25, 0.3) is 0 Å². The summed E-state index contributed by atoms with van der Waals surface area (Å²) in [5.74, 6) is 0. The molecule has 0 spiro atoms. The Bertz CT molecular complexity index is 909. The van der Waals surface area contributed by atoms with Gasteiger partial charge in [0.05, 0.1) is 0 Å². The van der Waals surface area contributed by atoms with E-state index >= 15 is 0 Å². The quantitative estimate of drug-likeness (QED) is 0.567. The summed E-state index contributed by atoms with van der Waals surface area (Å²) in [6.45, 7) is 0. The molecule has 1 heterocycles. The third-order valence-electron chi connectivity index (χ3n) is 5.58. The maximum Gasteiger partial charge on any atom is 0.141 e. The lowest BCUT2D eigenvalue weighted by Crippen LogP contribution is -2.05. The van der Waals surface area contributed by atoms with Crippen molar-refractivity contribution in [2.45, 2.75) is 51.4 Å². The number of fused-ring (bicyclic) bond motifs is 7. The van der Waals surface area contributed by atoms with E-state index in [0.29, 0.717) is 0 Å². The smallest absolute Gasteiger partial charge is 0.141 e. The number of hydrogen-bond donors (Lipinski definition) is 0. The van der Waals surface area contributed by atoms with Gasteiger partial charge in [-0.25, -0.2) is 0 Å². The summed E-state index contributed by atoms with van der Waals surface area (Å²) in [5, 5.41) is 2.31. The van der Waals surface area contributed by atoms with Gasteiger partial charge in [-0.1, -0.05) is 12.1 Å². The van der Waals surface area contributed by atoms with Crippen molar-refractivity contribution in [3.63, 3.8) is 0 Å². The van der Waals surface area contributed by atoms with Gasteiger partial charge >= 0.3 is 0 Å². The minimum Gasteiger partial charge on any atom is -0.751 e. The number of rotatable bonds is 0. The highest BCUT2D eigenvalue weighted by Gasteiger charge is 2.20. The van der Waals surface area contributed by atoms with E-state index < -0.39 is 8.24 Å². The SMILES string of the molecule is [O-]p1oc2ccc3c(c2c2c4c(ccc2o1)CCCC4)CCCC3. The van der Waals surface area contributed by atoms with Gasteiger partial charge in [-0.05, 0) is 85.8 Å².